The van der Waals surface area contributed by atoms with Crippen LogP contribution in [0.25, 0.3) is 10.6 Å². The van der Waals surface area contributed by atoms with Crippen LogP contribution >= 0.6 is 11.3 Å². The zero-order valence-electron chi connectivity index (χ0n) is 13.3. The molecule has 126 valence electrons. The Morgan fingerprint density at radius 3 is 2.96 bits per heavy atom. The van der Waals surface area contributed by atoms with Crippen molar-refractivity contribution < 1.29 is 14.6 Å². The molecule has 1 aromatic carbocycles. The van der Waals surface area contributed by atoms with Crippen LogP contribution in [-0.2, 0) is 4.74 Å². The summed E-state index contributed by atoms with van der Waals surface area (Å²) in [7, 11) is 0. The number of rotatable bonds is 3. The number of carbonyl (C=O) groups excluding carboxylic acids is 1. The molecule has 2 aliphatic rings. The summed E-state index contributed by atoms with van der Waals surface area (Å²) >= 11 is 1.50. The molecule has 6 heteroatoms. The van der Waals surface area contributed by atoms with Crippen LogP contribution in [0.5, 0.6) is 0 Å². The molecule has 1 aromatic heterocycles. The van der Waals surface area contributed by atoms with E-state index in [9.17, 15) is 9.90 Å². The molecule has 1 amide bonds. The first-order chi connectivity index (χ1) is 11.8. The Morgan fingerprint density at radius 2 is 2.17 bits per heavy atom. The van der Waals surface area contributed by atoms with Gasteiger partial charge in [-0.15, -0.1) is 11.3 Å². The minimum Gasteiger partial charge on any atom is -0.396 e. The van der Waals surface area contributed by atoms with Gasteiger partial charge in [0.1, 0.15) is 10.7 Å². The molecule has 4 rings (SSSR count). The summed E-state index contributed by atoms with van der Waals surface area (Å²) in [5.41, 5.74) is 1.54. The number of thiazole rings is 1. The van der Waals surface area contributed by atoms with Gasteiger partial charge in [-0.2, -0.15) is 0 Å². The summed E-state index contributed by atoms with van der Waals surface area (Å²) in [6.45, 7) is 1.31. The molecule has 2 aromatic rings. The average molecular weight is 344 g/mol. The maximum atomic E-state index is 12.9. The van der Waals surface area contributed by atoms with E-state index in [-0.39, 0.29) is 30.6 Å². The minimum atomic E-state index is -0.0229. The number of ether oxygens (including phenoxy) is 1. The Bertz CT molecular complexity index is 718. The molecule has 5 nitrogen and oxygen atoms in total. The van der Waals surface area contributed by atoms with Gasteiger partial charge in [0.25, 0.3) is 5.91 Å². The fourth-order valence-corrected chi connectivity index (χ4v) is 4.48. The average Bonchev–Trinajstić information content (AvgIpc) is 3.28. The van der Waals surface area contributed by atoms with Gasteiger partial charge in [-0.25, -0.2) is 4.98 Å². The van der Waals surface area contributed by atoms with Gasteiger partial charge < -0.3 is 14.7 Å². The number of hydrogen-bond acceptors (Lipinski definition) is 5. The first-order valence-corrected chi connectivity index (χ1v) is 9.18. The van der Waals surface area contributed by atoms with Crippen LogP contribution in [0, 0.1) is 5.92 Å². The van der Waals surface area contributed by atoms with Crippen LogP contribution in [0.4, 0.5) is 0 Å². The molecule has 1 saturated heterocycles. The molecule has 1 N–H and O–H groups in total. The van der Waals surface area contributed by atoms with Crippen molar-refractivity contribution in [2.75, 3.05) is 19.8 Å². The van der Waals surface area contributed by atoms with Crippen LogP contribution in [0.1, 0.15) is 23.3 Å². The fraction of sp³-hybridized carbons (Fsp3) is 0.444. The third-order valence-corrected chi connectivity index (χ3v) is 5.79. The van der Waals surface area contributed by atoms with Gasteiger partial charge in [0, 0.05) is 24.1 Å². The van der Waals surface area contributed by atoms with E-state index in [4.69, 9.17) is 4.74 Å². The predicted molar refractivity (Wildman–Crippen MR) is 91.9 cm³/mol. The normalized spacial score (nSPS) is 26.4. The highest BCUT2D eigenvalue weighted by molar-refractivity contribution is 7.13. The molecule has 1 aliphatic heterocycles. The number of aliphatic hydroxyl groups is 1. The number of amides is 1. The summed E-state index contributed by atoms with van der Waals surface area (Å²) in [5.74, 6) is 0.203. The standard InChI is InChI=1S/C18H20N2O3S/c21-10-12-8-15-16(9-12)23-7-6-20(15)18(22)14-11-24-17(19-14)13-4-2-1-3-5-13/h1-5,11-12,15-16,21H,6-10H2/t12-,15+,16+/m1/s1. The zero-order chi connectivity index (χ0) is 16.5. The van der Waals surface area contributed by atoms with Gasteiger partial charge in [0.05, 0.1) is 18.8 Å². The van der Waals surface area contributed by atoms with Crippen LogP contribution in [-0.4, -0.2) is 52.8 Å². The highest BCUT2D eigenvalue weighted by Crippen LogP contribution is 2.35. The lowest BCUT2D eigenvalue weighted by atomic mass is 10.1. The van der Waals surface area contributed by atoms with E-state index in [2.05, 4.69) is 4.98 Å². The number of carbonyl (C=O) groups is 1. The Morgan fingerprint density at radius 1 is 1.33 bits per heavy atom. The highest BCUT2D eigenvalue weighted by Gasteiger charge is 2.43. The third-order valence-electron chi connectivity index (χ3n) is 4.90. The smallest absolute Gasteiger partial charge is 0.273 e. The van der Waals surface area contributed by atoms with Crippen LogP contribution in [0.3, 0.4) is 0 Å². The Balaban J connectivity index is 1.54. The SMILES string of the molecule is O=C(c1csc(-c2ccccc2)n1)N1CCO[C@H]2C[C@H](CO)C[C@@H]21. The Hall–Kier alpha value is -1.76. The lowest BCUT2D eigenvalue weighted by molar-refractivity contribution is -0.0450. The molecule has 2 fully saturated rings. The first kappa shape index (κ1) is 15.7. The summed E-state index contributed by atoms with van der Waals surface area (Å²) in [6.07, 6.45) is 1.69. The van der Waals surface area contributed by atoms with Gasteiger partial charge in [-0.3, -0.25) is 4.79 Å². The number of nitrogens with zero attached hydrogens (tertiary/aromatic N) is 2. The molecule has 0 unspecified atom stereocenters. The van der Waals surface area contributed by atoms with E-state index in [1.54, 1.807) is 0 Å². The summed E-state index contributed by atoms with van der Waals surface area (Å²) in [4.78, 5) is 19.4. The van der Waals surface area contributed by atoms with Crippen molar-refractivity contribution >= 4 is 17.2 Å². The Labute approximate surface area is 144 Å². The van der Waals surface area contributed by atoms with Crippen LogP contribution in [0.15, 0.2) is 35.7 Å². The third kappa shape index (κ3) is 2.85. The second kappa shape index (κ2) is 6.63. The van der Waals surface area contributed by atoms with Crippen molar-refractivity contribution in [3.63, 3.8) is 0 Å². The Kier molecular flexibility index (Phi) is 4.35. The van der Waals surface area contributed by atoms with Gasteiger partial charge in [-0.1, -0.05) is 30.3 Å². The predicted octanol–water partition coefficient (Wildman–Crippen LogP) is 2.42. The highest BCUT2D eigenvalue weighted by atomic mass is 32.1. The molecule has 0 radical (unpaired) electrons. The summed E-state index contributed by atoms with van der Waals surface area (Å²) in [6, 6.07) is 9.97. The van der Waals surface area contributed by atoms with Gasteiger partial charge in [0.15, 0.2) is 0 Å². The van der Waals surface area contributed by atoms with Crippen molar-refractivity contribution in [2.24, 2.45) is 5.92 Å². The topological polar surface area (TPSA) is 62.7 Å². The second-order valence-corrected chi connectivity index (χ2v) is 7.26. The van der Waals surface area contributed by atoms with Crippen LogP contribution < -0.4 is 0 Å². The molecule has 1 aliphatic carbocycles. The number of benzene rings is 1. The maximum absolute atomic E-state index is 12.9. The quantitative estimate of drug-likeness (QED) is 0.929. The second-order valence-electron chi connectivity index (χ2n) is 6.40. The van der Waals surface area contributed by atoms with E-state index in [0.29, 0.717) is 18.8 Å². The molecule has 1 saturated carbocycles. The van der Waals surface area contributed by atoms with Crippen LogP contribution in [0.2, 0.25) is 0 Å². The van der Waals surface area contributed by atoms with Crippen molar-refractivity contribution in [1.82, 2.24) is 9.88 Å². The van der Waals surface area contributed by atoms with E-state index in [1.807, 2.05) is 40.6 Å². The van der Waals surface area contributed by atoms with E-state index in [1.165, 1.54) is 11.3 Å². The van der Waals surface area contributed by atoms with Crippen molar-refractivity contribution in [3.8, 4) is 10.6 Å². The van der Waals surface area contributed by atoms with Gasteiger partial charge in [0.2, 0.25) is 0 Å². The number of aliphatic hydroxyl groups excluding tert-OH is 1. The van der Waals surface area contributed by atoms with E-state index < -0.39 is 0 Å². The molecule has 0 spiro atoms. The largest absolute Gasteiger partial charge is 0.396 e. The fourth-order valence-electron chi connectivity index (χ4n) is 3.68. The molecule has 2 heterocycles. The van der Waals surface area contributed by atoms with E-state index >= 15 is 0 Å². The van der Waals surface area contributed by atoms with Crippen molar-refractivity contribution in [3.05, 3.63) is 41.4 Å². The minimum absolute atomic E-state index is 0.0229. The number of aromatic nitrogens is 1. The summed E-state index contributed by atoms with van der Waals surface area (Å²) in [5, 5.41) is 12.1. The molecule has 24 heavy (non-hydrogen) atoms. The molecular formula is C18H20N2O3S. The van der Waals surface area contributed by atoms with Crippen molar-refractivity contribution in [2.45, 2.75) is 25.0 Å². The monoisotopic (exact) mass is 344 g/mol. The van der Waals surface area contributed by atoms with Crippen molar-refractivity contribution in [1.29, 1.82) is 0 Å². The van der Waals surface area contributed by atoms with E-state index in [0.717, 1.165) is 23.4 Å². The number of morpholine rings is 1. The molecule has 0 bridgehead atoms. The van der Waals surface area contributed by atoms with Gasteiger partial charge >= 0.3 is 0 Å². The zero-order valence-corrected chi connectivity index (χ0v) is 14.1. The summed E-state index contributed by atoms with van der Waals surface area (Å²) < 4.78 is 5.80. The first-order valence-electron chi connectivity index (χ1n) is 8.30. The lowest BCUT2D eigenvalue weighted by Gasteiger charge is -2.37. The molecule has 3 atom stereocenters. The maximum Gasteiger partial charge on any atom is 0.273 e. The van der Waals surface area contributed by atoms with Gasteiger partial charge in [-0.05, 0) is 18.8 Å². The number of hydrogen-bond donors (Lipinski definition) is 1. The number of fused-ring (bicyclic) bond motifs is 1. The lowest BCUT2D eigenvalue weighted by Crippen LogP contribution is -2.51. The molecular weight excluding hydrogens is 324 g/mol.